The van der Waals surface area contributed by atoms with Crippen molar-refractivity contribution < 1.29 is 19.2 Å². The molecule has 0 saturated carbocycles. The van der Waals surface area contributed by atoms with Gasteiger partial charge in [0.05, 0.1) is 12.0 Å². The Bertz CT molecular complexity index is 1020. The summed E-state index contributed by atoms with van der Waals surface area (Å²) < 4.78 is 12.5. The molecule has 1 heterocycles. The molecule has 1 N–H and O–H groups in total. The molecule has 1 atom stereocenters. The average molecular weight is 396 g/mol. The highest BCUT2D eigenvalue weighted by Crippen LogP contribution is 2.26. The van der Waals surface area contributed by atoms with Crippen molar-refractivity contribution in [3.63, 3.8) is 0 Å². The first-order valence-corrected chi connectivity index (χ1v) is 8.76. The number of carbonyl (C=O) groups is 1. The van der Waals surface area contributed by atoms with Gasteiger partial charge in [-0.1, -0.05) is 24.3 Å². The number of aryl methyl sites for hydroxylation is 1. The summed E-state index contributed by atoms with van der Waals surface area (Å²) in [5, 5.41) is 14.0. The van der Waals surface area contributed by atoms with E-state index in [1.807, 2.05) is 25.2 Å². The molecule has 0 bridgehead atoms. The number of nitro benzene ring substituents is 1. The van der Waals surface area contributed by atoms with Crippen molar-refractivity contribution in [3.05, 3.63) is 82.4 Å². The molecule has 1 aromatic heterocycles. The van der Waals surface area contributed by atoms with E-state index in [0.717, 1.165) is 5.56 Å². The van der Waals surface area contributed by atoms with Gasteiger partial charge in [-0.3, -0.25) is 14.9 Å². The lowest BCUT2D eigenvalue weighted by Gasteiger charge is -2.20. The summed E-state index contributed by atoms with van der Waals surface area (Å²) in [4.78, 5) is 27.4. The third-order valence-corrected chi connectivity index (χ3v) is 4.27. The van der Waals surface area contributed by atoms with Crippen molar-refractivity contribution in [2.45, 2.75) is 6.04 Å². The SMILES string of the molecule is COc1cccc(C(NC(=O)COc2ccccc2[N+](=O)[O-])c2nccn2C)c1. The number of aromatic nitrogens is 2. The van der Waals surface area contributed by atoms with E-state index in [9.17, 15) is 14.9 Å². The van der Waals surface area contributed by atoms with Gasteiger partial charge < -0.3 is 19.4 Å². The van der Waals surface area contributed by atoms with Crippen LogP contribution in [0.1, 0.15) is 17.4 Å². The topological polar surface area (TPSA) is 109 Å². The predicted molar refractivity (Wildman–Crippen MR) is 105 cm³/mol. The van der Waals surface area contributed by atoms with Crippen molar-refractivity contribution in [3.8, 4) is 11.5 Å². The number of carbonyl (C=O) groups excluding carboxylic acids is 1. The van der Waals surface area contributed by atoms with Crippen molar-refractivity contribution in [1.29, 1.82) is 0 Å². The molecule has 1 amide bonds. The Morgan fingerprint density at radius 3 is 2.76 bits per heavy atom. The van der Waals surface area contributed by atoms with E-state index >= 15 is 0 Å². The highest BCUT2D eigenvalue weighted by Gasteiger charge is 2.22. The second kappa shape index (κ2) is 8.87. The lowest BCUT2D eigenvalue weighted by molar-refractivity contribution is -0.385. The summed E-state index contributed by atoms with van der Waals surface area (Å²) in [6.45, 7) is -0.379. The number of methoxy groups -OCH3 is 1. The van der Waals surface area contributed by atoms with E-state index in [1.54, 1.807) is 36.2 Å². The number of hydrogen-bond acceptors (Lipinski definition) is 6. The number of imidazole rings is 1. The van der Waals surface area contributed by atoms with Crippen LogP contribution in [0, 0.1) is 10.1 Å². The normalized spacial score (nSPS) is 11.5. The second-order valence-electron chi connectivity index (χ2n) is 6.19. The number of hydrogen-bond donors (Lipinski definition) is 1. The third-order valence-electron chi connectivity index (χ3n) is 4.27. The van der Waals surface area contributed by atoms with Crippen LogP contribution in [0.4, 0.5) is 5.69 Å². The largest absolute Gasteiger partial charge is 0.497 e. The van der Waals surface area contributed by atoms with E-state index in [4.69, 9.17) is 9.47 Å². The Kier molecular flexibility index (Phi) is 6.08. The number of para-hydroxylation sites is 2. The van der Waals surface area contributed by atoms with Gasteiger partial charge in [0.2, 0.25) is 0 Å². The number of nitrogens with zero attached hydrogens (tertiary/aromatic N) is 3. The monoisotopic (exact) mass is 396 g/mol. The maximum Gasteiger partial charge on any atom is 0.310 e. The molecule has 3 aromatic rings. The van der Waals surface area contributed by atoms with Gasteiger partial charge in [-0.25, -0.2) is 4.98 Å². The minimum absolute atomic E-state index is 0.0302. The van der Waals surface area contributed by atoms with Crippen LogP contribution >= 0.6 is 0 Å². The van der Waals surface area contributed by atoms with Gasteiger partial charge in [-0.15, -0.1) is 0 Å². The van der Waals surface area contributed by atoms with Crippen molar-refractivity contribution in [1.82, 2.24) is 14.9 Å². The molecule has 2 aromatic carbocycles. The lowest BCUT2D eigenvalue weighted by atomic mass is 10.1. The fraction of sp³-hybridized carbons (Fsp3) is 0.200. The van der Waals surface area contributed by atoms with Gasteiger partial charge >= 0.3 is 5.69 Å². The third kappa shape index (κ3) is 4.70. The highest BCUT2D eigenvalue weighted by molar-refractivity contribution is 5.78. The Labute approximate surface area is 167 Å². The van der Waals surface area contributed by atoms with Crippen LogP contribution < -0.4 is 14.8 Å². The zero-order valence-corrected chi connectivity index (χ0v) is 15.9. The Morgan fingerprint density at radius 2 is 2.07 bits per heavy atom. The summed E-state index contributed by atoms with van der Waals surface area (Å²) in [7, 11) is 3.39. The van der Waals surface area contributed by atoms with E-state index in [-0.39, 0.29) is 18.0 Å². The average Bonchev–Trinajstić information content (AvgIpc) is 3.16. The molecule has 0 aliphatic rings. The molecule has 0 spiro atoms. The summed E-state index contributed by atoms with van der Waals surface area (Å²) in [5.74, 6) is 0.853. The number of benzene rings is 2. The quantitative estimate of drug-likeness (QED) is 0.463. The van der Waals surface area contributed by atoms with Crippen LogP contribution in [0.5, 0.6) is 11.5 Å². The molecular weight excluding hydrogens is 376 g/mol. The second-order valence-corrected chi connectivity index (χ2v) is 6.19. The molecular formula is C20H20N4O5. The zero-order valence-electron chi connectivity index (χ0n) is 15.9. The molecule has 3 rings (SSSR count). The van der Waals surface area contributed by atoms with Crippen LogP contribution in [0.2, 0.25) is 0 Å². The number of ether oxygens (including phenoxy) is 2. The van der Waals surface area contributed by atoms with Crippen LogP contribution in [0.15, 0.2) is 60.9 Å². The molecule has 0 aliphatic carbocycles. The van der Waals surface area contributed by atoms with Gasteiger partial charge in [0, 0.05) is 25.5 Å². The number of amides is 1. The van der Waals surface area contributed by atoms with Gasteiger partial charge in [0.1, 0.15) is 17.6 Å². The molecule has 0 fully saturated rings. The van der Waals surface area contributed by atoms with Gasteiger partial charge in [0.25, 0.3) is 5.91 Å². The van der Waals surface area contributed by atoms with E-state index in [2.05, 4.69) is 10.3 Å². The molecule has 9 heteroatoms. The molecule has 9 nitrogen and oxygen atoms in total. The van der Waals surface area contributed by atoms with E-state index in [0.29, 0.717) is 11.6 Å². The van der Waals surface area contributed by atoms with Gasteiger partial charge in [0.15, 0.2) is 12.4 Å². The Morgan fingerprint density at radius 1 is 1.28 bits per heavy atom. The van der Waals surface area contributed by atoms with Crippen LogP contribution in [0.25, 0.3) is 0 Å². The van der Waals surface area contributed by atoms with Crippen LogP contribution in [-0.2, 0) is 11.8 Å². The Hall–Kier alpha value is -3.88. The summed E-state index contributed by atoms with van der Waals surface area (Å²) in [6.07, 6.45) is 3.41. The minimum Gasteiger partial charge on any atom is -0.497 e. The van der Waals surface area contributed by atoms with E-state index < -0.39 is 16.9 Å². The van der Waals surface area contributed by atoms with Crippen molar-refractivity contribution in [2.75, 3.05) is 13.7 Å². The first-order chi connectivity index (χ1) is 14.0. The van der Waals surface area contributed by atoms with Gasteiger partial charge in [-0.2, -0.15) is 0 Å². The molecule has 0 radical (unpaired) electrons. The minimum atomic E-state index is -0.555. The smallest absolute Gasteiger partial charge is 0.310 e. The van der Waals surface area contributed by atoms with Crippen LogP contribution in [-0.4, -0.2) is 34.1 Å². The summed E-state index contributed by atoms with van der Waals surface area (Å²) >= 11 is 0. The molecule has 29 heavy (non-hydrogen) atoms. The predicted octanol–water partition coefficient (Wildman–Crippen LogP) is 2.62. The van der Waals surface area contributed by atoms with Crippen molar-refractivity contribution >= 4 is 11.6 Å². The lowest BCUT2D eigenvalue weighted by Crippen LogP contribution is -2.34. The standard InChI is InChI=1S/C20H20N4O5/c1-23-11-10-21-20(23)19(14-6-5-7-15(12-14)28-2)22-18(25)13-29-17-9-4-3-8-16(17)24(26)27/h3-12,19H,13H2,1-2H3,(H,22,25). The summed E-state index contributed by atoms with van der Waals surface area (Å²) in [5.41, 5.74) is 0.575. The van der Waals surface area contributed by atoms with Gasteiger partial charge in [-0.05, 0) is 23.8 Å². The first kappa shape index (κ1) is 19.9. The summed E-state index contributed by atoms with van der Waals surface area (Å²) in [6, 6.07) is 12.6. The molecule has 0 saturated heterocycles. The van der Waals surface area contributed by atoms with Crippen molar-refractivity contribution in [2.24, 2.45) is 7.05 Å². The highest BCUT2D eigenvalue weighted by atomic mass is 16.6. The number of nitro groups is 1. The molecule has 0 aliphatic heterocycles. The number of nitrogens with one attached hydrogen (secondary N) is 1. The maximum absolute atomic E-state index is 12.6. The van der Waals surface area contributed by atoms with Crippen LogP contribution in [0.3, 0.4) is 0 Å². The molecule has 150 valence electrons. The fourth-order valence-corrected chi connectivity index (χ4v) is 2.85. The van der Waals surface area contributed by atoms with E-state index in [1.165, 1.54) is 18.2 Å². The maximum atomic E-state index is 12.6. The Balaban J connectivity index is 1.79. The zero-order chi connectivity index (χ0) is 20.8. The molecule has 1 unspecified atom stereocenters. The first-order valence-electron chi connectivity index (χ1n) is 8.76. The number of rotatable bonds is 8. The fourth-order valence-electron chi connectivity index (χ4n) is 2.85.